The molecule has 0 unspecified atom stereocenters. The summed E-state index contributed by atoms with van der Waals surface area (Å²) in [6.45, 7) is 2.78. The van der Waals surface area contributed by atoms with Crippen molar-refractivity contribution in [1.29, 1.82) is 0 Å². The maximum Gasteiger partial charge on any atom is 0.253 e. The predicted octanol–water partition coefficient (Wildman–Crippen LogP) is 1.15. The Bertz CT molecular complexity index is 325. The van der Waals surface area contributed by atoms with Gasteiger partial charge in [-0.2, -0.15) is 0 Å². The first kappa shape index (κ1) is 10.5. The van der Waals surface area contributed by atoms with Gasteiger partial charge in [0.15, 0.2) is 0 Å². The molecule has 4 nitrogen and oxygen atoms in total. The highest BCUT2D eigenvalue weighted by Crippen LogP contribution is 2.06. The van der Waals surface area contributed by atoms with Gasteiger partial charge in [0.2, 0.25) is 0 Å². The standard InChI is InChI=1S/C10H15N3O/c1-3-6-13(2)10(14)8-4-5-12-9(11)7-8/h4-5,7H,3,6H2,1-2H3,(H2,11,12). The Balaban J connectivity index is 2.78. The fraction of sp³-hybridized carbons (Fsp3) is 0.400. The average Bonchev–Trinajstić information content (AvgIpc) is 2.17. The first-order valence-corrected chi connectivity index (χ1v) is 4.62. The van der Waals surface area contributed by atoms with Crippen LogP contribution in [0.5, 0.6) is 0 Å². The highest BCUT2D eigenvalue weighted by Gasteiger charge is 2.10. The van der Waals surface area contributed by atoms with Crippen molar-refractivity contribution in [2.75, 3.05) is 19.3 Å². The number of carbonyl (C=O) groups excluding carboxylic acids is 1. The normalized spacial score (nSPS) is 9.86. The second-order valence-corrected chi connectivity index (χ2v) is 3.20. The maximum absolute atomic E-state index is 11.7. The number of nitrogens with two attached hydrogens (primary N) is 1. The largest absolute Gasteiger partial charge is 0.384 e. The van der Waals surface area contributed by atoms with Crippen molar-refractivity contribution in [1.82, 2.24) is 9.88 Å². The molecule has 1 heterocycles. The number of nitrogens with zero attached hydrogens (tertiary/aromatic N) is 2. The molecule has 0 aliphatic heterocycles. The van der Waals surface area contributed by atoms with E-state index in [9.17, 15) is 4.79 Å². The van der Waals surface area contributed by atoms with E-state index in [4.69, 9.17) is 5.73 Å². The zero-order chi connectivity index (χ0) is 10.6. The van der Waals surface area contributed by atoms with E-state index < -0.39 is 0 Å². The van der Waals surface area contributed by atoms with E-state index in [1.807, 2.05) is 6.92 Å². The monoisotopic (exact) mass is 193 g/mol. The predicted molar refractivity (Wildman–Crippen MR) is 55.9 cm³/mol. The topological polar surface area (TPSA) is 59.2 Å². The Morgan fingerprint density at radius 3 is 2.93 bits per heavy atom. The summed E-state index contributed by atoms with van der Waals surface area (Å²) < 4.78 is 0. The van der Waals surface area contributed by atoms with Crippen LogP contribution in [0.25, 0.3) is 0 Å². The third-order valence-corrected chi connectivity index (χ3v) is 1.93. The molecule has 0 aromatic carbocycles. The van der Waals surface area contributed by atoms with Gasteiger partial charge in [-0.25, -0.2) is 4.98 Å². The lowest BCUT2D eigenvalue weighted by atomic mass is 10.2. The van der Waals surface area contributed by atoms with E-state index in [1.54, 1.807) is 30.3 Å². The van der Waals surface area contributed by atoms with Crippen molar-refractivity contribution in [2.24, 2.45) is 0 Å². The summed E-state index contributed by atoms with van der Waals surface area (Å²) in [5.74, 6) is 0.363. The lowest BCUT2D eigenvalue weighted by Gasteiger charge is -2.15. The third-order valence-electron chi connectivity index (χ3n) is 1.93. The lowest BCUT2D eigenvalue weighted by Crippen LogP contribution is -2.27. The highest BCUT2D eigenvalue weighted by atomic mass is 16.2. The number of nitrogen functional groups attached to an aromatic ring is 1. The number of carbonyl (C=O) groups is 1. The number of pyridine rings is 1. The van der Waals surface area contributed by atoms with E-state index in [1.165, 1.54) is 0 Å². The quantitative estimate of drug-likeness (QED) is 0.783. The van der Waals surface area contributed by atoms with Crippen LogP contribution < -0.4 is 5.73 Å². The molecular formula is C10H15N3O. The van der Waals surface area contributed by atoms with Gasteiger partial charge in [-0.15, -0.1) is 0 Å². The van der Waals surface area contributed by atoms with Gasteiger partial charge in [-0.05, 0) is 18.6 Å². The minimum Gasteiger partial charge on any atom is -0.384 e. The molecule has 76 valence electrons. The van der Waals surface area contributed by atoms with E-state index in [2.05, 4.69) is 4.98 Å². The van der Waals surface area contributed by atoms with Crippen molar-refractivity contribution < 1.29 is 4.79 Å². The van der Waals surface area contributed by atoms with Gasteiger partial charge in [0, 0.05) is 25.4 Å². The van der Waals surface area contributed by atoms with Crippen LogP contribution in [-0.4, -0.2) is 29.4 Å². The minimum atomic E-state index is -0.0130. The van der Waals surface area contributed by atoms with Gasteiger partial charge in [0.05, 0.1) is 0 Å². The molecule has 0 atom stereocenters. The zero-order valence-corrected chi connectivity index (χ0v) is 8.53. The van der Waals surface area contributed by atoms with Gasteiger partial charge in [0.1, 0.15) is 5.82 Å². The van der Waals surface area contributed by atoms with E-state index >= 15 is 0 Å². The fourth-order valence-electron chi connectivity index (χ4n) is 1.24. The molecule has 0 spiro atoms. The van der Waals surface area contributed by atoms with Crippen LogP contribution in [0.2, 0.25) is 0 Å². The number of hydrogen-bond donors (Lipinski definition) is 1. The SMILES string of the molecule is CCCN(C)C(=O)c1ccnc(N)c1. The number of anilines is 1. The average molecular weight is 193 g/mol. The summed E-state index contributed by atoms with van der Waals surface area (Å²) in [6, 6.07) is 3.26. The highest BCUT2D eigenvalue weighted by molar-refractivity contribution is 5.94. The smallest absolute Gasteiger partial charge is 0.253 e. The second-order valence-electron chi connectivity index (χ2n) is 3.20. The minimum absolute atomic E-state index is 0.0130. The summed E-state index contributed by atoms with van der Waals surface area (Å²) in [5, 5.41) is 0. The molecule has 0 aliphatic carbocycles. The van der Waals surface area contributed by atoms with E-state index in [-0.39, 0.29) is 5.91 Å². The van der Waals surface area contributed by atoms with Gasteiger partial charge in [0.25, 0.3) is 5.91 Å². The van der Waals surface area contributed by atoms with Gasteiger partial charge in [-0.1, -0.05) is 6.92 Å². The van der Waals surface area contributed by atoms with Crippen molar-refractivity contribution in [3.63, 3.8) is 0 Å². The van der Waals surface area contributed by atoms with Crippen molar-refractivity contribution in [2.45, 2.75) is 13.3 Å². The van der Waals surface area contributed by atoms with E-state index in [0.29, 0.717) is 11.4 Å². The molecule has 0 bridgehead atoms. The zero-order valence-electron chi connectivity index (χ0n) is 8.53. The molecule has 14 heavy (non-hydrogen) atoms. The van der Waals surface area contributed by atoms with Crippen LogP contribution in [0.4, 0.5) is 5.82 Å². The molecule has 0 radical (unpaired) electrons. The Kier molecular flexibility index (Phi) is 3.45. The number of rotatable bonds is 3. The van der Waals surface area contributed by atoms with Crippen LogP contribution in [0, 0.1) is 0 Å². The summed E-state index contributed by atoms with van der Waals surface area (Å²) in [7, 11) is 1.78. The first-order chi connectivity index (χ1) is 6.65. The second kappa shape index (κ2) is 4.60. The van der Waals surface area contributed by atoms with Crippen molar-refractivity contribution in [3.05, 3.63) is 23.9 Å². The summed E-state index contributed by atoms with van der Waals surface area (Å²) in [4.78, 5) is 17.2. The van der Waals surface area contributed by atoms with Crippen LogP contribution in [-0.2, 0) is 0 Å². The van der Waals surface area contributed by atoms with Gasteiger partial charge < -0.3 is 10.6 Å². The number of amides is 1. The molecule has 1 amide bonds. The first-order valence-electron chi connectivity index (χ1n) is 4.62. The molecule has 4 heteroatoms. The van der Waals surface area contributed by atoms with Crippen LogP contribution in [0.15, 0.2) is 18.3 Å². The lowest BCUT2D eigenvalue weighted by molar-refractivity contribution is 0.0795. The van der Waals surface area contributed by atoms with E-state index in [0.717, 1.165) is 13.0 Å². The Morgan fingerprint density at radius 1 is 1.64 bits per heavy atom. The van der Waals surface area contributed by atoms with Crippen LogP contribution >= 0.6 is 0 Å². The van der Waals surface area contributed by atoms with Crippen molar-refractivity contribution >= 4 is 11.7 Å². The molecule has 1 rings (SSSR count). The summed E-state index contributed by atoms with van der Waals surface area (Å²) in [6.07, 6.45) is 2.49. The Morgan fingerprint density at radius 2 is 2.36 bits per heavy atom. The fourth-order valence-corrected chi connectivity index (χ4v) is 1.24. The molecule has 1 aromatic heterocycles. The third kappa shape index (κ3) is 2.45. The van der Waals surface area contributed by atoms with Gasteiger partial charge in [-0.3, -0.25) is 4.79 Å². The molecule has 0 saturated heterocycles. The van der Waals surface area contributed by atoms with Crippen LogP contribution in [0.1, 0.15) is 23.7 Å². The van der Waals surface area contributed by atoms with Gasteiger partial charge >= 0.3 is 0 Å². The molecule has 0 aliphatic rings. The van der Waals surface area contributed by atoms with Crippen LogP contribution in [0.3, 0.4) is 0 Å². The molecule has 0 fully saturated rings. The summed E-state index contributed by atoms with van der Waals surface area (Å²) in [5.41, 5.74) is 6.08. The van der Waals surface area contributed by atoms with Crippen molar-refractivity contribution in [3.8, 4) is 0 Å². The molecule has 2 N–H and O–H groups in total. The molecule has 0 saturated carbocycles. The number of aromatic nitrogens is 1. The Labute approximate surface area is 83.7 Å². The Hall–Kier alpha value is -1.58. The number of hydrogen-bond acceptors (Lipinski definition) is 3. The molecular weight excluding hydrogens is 178 g/mol. The summed E-state index contributed by atoms with van der Waals surface area (Å²) >= 11 is 0. The molecule has 1 aromatic rings. The maximum atomic E-state index is 11.7.